The third-order valence-corrected chi connectivity index (χ3v) is 3.13. The van der Waals surface area contributed by atoms with Gasteiger partial charge < -0.3 is 10.1 Å². The normalized spacial score (nSPS) is 12.4. The van der Waals surface area contributed by atoms with E-state index in [4.69, 9.17) is 4.74 Å². The van der Waals surface area contributed by atoms with Crippen LogP contribution >= 0.6 is 15.9 Å². The van der Waals surface area contributed by atoms with Gasteiger partial charge in [-0.15, -0.1) is 0 Å². The fourth-order valence-electron chi connectivity index (χ4n) is 1.70. The number of rotatable bonds is 8. The van der Waals surface area contributed by atoms with E-state index in [1.165, 1.54) is 12.8 Å². The van der Waals surface area contributed by atoms with Crippen molar-refractivity contribution in [3.8, 4) is 0 Å². The van der Waals surface area contributed by atoms with Gasteiger partial charge in [0.05, 0.1) is 6.61 Å². The van der Waals surface area contributed by atoms with Crippen molar-refractivity contribution >= 4 is 21.6 Å². The zero-order valence-corrected chi connectivity index (χ0v) is 12.3. The Bertz CT molecular complexity index is 300. The second-order valence-corrected chi connectivity index (χ2v) is 5.32. The van der Waals surface area contributed by atoms with E-state index in [0.29, 0.717) is 5.92 Å². The van der Waals surface area contributed by atoms with Gasteiger partial charge in [0.15, 0.2) is 0 Å². The molecule has 1 aromatic rings. The van der Waals surface area contributed by atoms with E-state index in [1.54, 1.807) is 0 Å². The third kappa shape index (κ3) is 6.69. The average molecular weight is 300 g/mol. The lowest BCUT2D eigenvalue weighted by atomic mass is 10.1. The molecule has 1 N–H and O–H groups in total. The van der Waals surface area contributed by atoms with Crippen LogP contribution in [0.1, 0.15) is 26.7 Å². The summed E-state index contributed by atoms with van der Waals surface area (Å²) in [5, 5.41) is 3.33. The number of benzene rings is 1. The van der Waals surface area contributed by atoms with Crippen LogP contribution in [0.15, 0.2) is 28.7 Å². The van der Waals surface area contributed by atoms with E-state index >= 15 is 0 Å². The largest absolute Gasteiger partial charge is 0.383 e. The van der Waals surface area contributed by atoms with Gasteiger partial charge in [-0.3, -0.25) is 0 Å². The first-order valence-electron chi connectivity index (χ1n) is 6.29. The molecule has 0 radical (unpaired) electrons. The maximum atomic E-state index is 5.62. The maximum Gasteiger partial charge on any atom is 0.0639 e. The molecule has 96 valence electrons. The van der Waals surface area contributed by atoms with Crippen molar-refractivity contribution in [2.24, 2.45) is 5.92 Å². The fourth-order valence-corrected chi connectivity index (χ4v) is 1.96. The van der Waals surface area contributed by atoms with Crippen molar-refractivity contribution < 1.29 is 4.74 Å². The predicted octanol–water partition coefficient (Wildman–Crippen LogP) is 4.31. The van der Waals surface area contributed by atoms with Gasteiger partial charge in [0.25, 0.3) is 0 Å². The summed E-state index contributed by atoms with van der Waals surface area (Å²) < 4.78 is 6.73. The van der Waals surface area contributed by atoms with E-state index in [2.05, 4.69) is 47.2 Å². The average Bonchev–Trinajstić information content (AvgIpc) is 2.31. The van der Waals surface area contributed by atoms with Crippen LogP contribution in [0.25, 0.3) is 0 Å². The highest BCUT2D eigenvalue weighted by atomic mass is 79.9. The van der Waals surface area contributed by atoms with Gasteiger partial charge in [-0.2, -0.15) is 0 Å². The summed E-state index contributed by atoms with van der Waals surface area (Å²) >= 11 is 3.42. The van der Waals surface area contributed by atoms with E-state index < -0.39 is 0 Å². The Morgan fingerprint density at radius 3 is 2.65 bits per heavy atom. The van der Waals surface area contributed by atoms with Gasteiger partial charge in [-0.05, 0) is 36.6 Å². The Hall–Kier alpha value is -0.540. The summed E-state index contributed by atoms with van der Waals surface area (Å²) in [5.41, 5.74) is 1.14. The monoisotopic (exact) mass is 299 g/mol. The van der Waals surface area contributed by atoms with Crippen LogP contribution in [0.4, 0.5) is 5.69 Å². The van der Waals surface area contributed by atoms with Gasteiger partial charge in [0.1, 0.15) is 0 Å². The minimum absolute atomic E-state index is 0.674. The van der Waals surface area contributed by atoms with E-state index in [1.807, 2.05) is 12.1 Å². The highest BCUT2D eigenvalue weighted by molar-refractivity contribution is 9.10. The quantitative estimate of drug-likeness (QED) is 0.722. The van der Waals surface area contributed by atoms with E-state index in [0.717, 1.165) is 29.9 Å². The minimum Gasteiger partial charge on any atom is -0.383 e. The molecule has 1 atom stereocenters. The molecule has 0 amide bonds. The molecule has 0 saturated carbocycles. The van der Waals surface area contributed by atoms with Crippen LogP contribution in [0, 0.1) is 5.92 Å². The molecule has 17 heavy (non-hydrogen) atoms. The smallest absolute Gasteiger partial charge is 0.0639 e. The number of anilines is 1. The topological polar surface area (TPSA) is 21.3 Å². The van der Waals surface area contributed by atoms with Gasteiger partial charge >= 0.3 is 0 Å². The summed E-state index contributed by atoms with van der Waals surface area (Å²) in [7, 11) is 0. The van der Waals surface area contributed by atoms with E-state index in [-0.39, 0.29) is 0 Å². The second kappa shape index (κ2) is 8.54. The van der Waals surface area contributed by atoms with Crippen molar-refractivity contribution in [2.75, 3.05) is 25.1 Å². The van der Waals surface area contributed by atoms with Crippen LogP contribution in [0.3, 0.4) is 0 Å². The highest BCUT2D eigenvalue weighted by Crippen LogP contribution is 2.13. The zero-order chi connectivity index (χ0) is 12.5. The first-order valence-corrected chi connectivity index (χ1v) is 7.09. The Labute approximate surface area is 113 Å². The van der Waals surface area contributed by atoms with Crippen molar-refractivity contribution in [2.45, 2.75) is 26.7 Å². The number of hydrogen-bond acceptors (Lipinski definition) is 2. The molecule has 3 heteroatoms. The second-order valence-electron chi connectivity index (χ2n) is 4.40. The van der Waals surface area contributed by atoms with Crippen LogP contribution in [-0.4, -0.2) is 19.8 Å². The lowest BCUT2D eigenvalue weighted by Crippen LogP contribution is -2.13. The van der Waals surface area contributed by atoms with Gasteiger partial charge in [0.2, 0.25) is 0 Å². The Morgan fingerprint density at radius 2 is 2.00 bits per heavy atom. The summed E-state index contributed by atoms with van der Waals surface area (Å²) in [6, 6.07) is 8.19. The summed E-state index contributed by atoms with van der Waals surface area (Å²) in [6.07, 6.45) is 2.49. The molecule has 0 spiro atoms. The SMILES string of the molecule is CCCC(C)COCCNc1ccc(Br)cc1. The molecule has 0 heterocycles. The molecular formula is C14H22BrNO. The number of ether oxygens (including phenoxy) is 1. The summed E-state index contributed by atoms with van der Waals surface area (Å²) in [4.78, 5) is 0. The van der Waals surface area contributed by atoms with Crippen LogP contribution < -0.4 is 5.32 Å². The molecule has 0 aromatic heterocycles. The lowest BCUT2D eigenvalue weighted by Gasteiger charge is -2.11. The minimum atomic E-state index is 0.674. The Balaban J connectivity index is 2.06. The molecule has 2 nitrogen and oxygen atoms in total. The van der Waals surface area contributed by atoms with Gasteiger partial charge in [0, 0.05) is 23.3 Å². The molecule has 0 aliphatic rings. The maximum absolute atomic E-state index is 5.62. The first kappa shape index (κ1) is 14.5. The molecule has 0 saturated heterocycles. The molecule has 0 aliphatic carbocycles. The van der Waals surface area contributed by atoms with Crippen molar-refractivity contribution in [3.05, 3.63) is 28.7 Å². The molecule has 0 bridgehead atoms. The van der Waals surface area contributed by atoms with Crippen LogP contribution in [0.5, 0.6) is 0 Å². The summed E-state index contributed by atoms with van der Waals surface area (Å²) in [5.74, 6) is 0.674. The van der Waals surface area contributed by atoms with Crippen molar-refractivity contribution in [1.29, 1.82) is 0 Å². The Kier molecular flexibility index (Phi) is 7.29. The van der Waals surface area contributed by atoms with Gasteiger partial charge in [-0.25, -0.2) is 0 Å². The standard InChI is InChI=1S/C14H22BrNO/c1-3-4-12(2)11-17-10-9-16-14-7-5-13(15)6-8-14/h5-8,12,16H,3-4,9-11H2,1-2H3. The highest BCUT2D eigenvalue weighted by Gasteiger charge is 1.99. The molecule has 1 aromatic carbocycles. The first-order chi connectivity index (χ1) is 8.22. The molecule has 0 aliphatic heterocycles. The van der Waals surface area contributed by atoms with E-state index in [9.17, 15) is 0 Å². The molecule has 0 fully saturated rings. The number of nitrogens with one attached hydrogen (secondary N) is 1. The predicted molar refractivity (Wildman–Crippen MR) is 77.5 cm³/mol. The Morgan fingerprint density at radius 1 is 1.29 bits per heavy atom. The number of halogens is 1. The van der Waals surface area contributed by atoms with Crippen LogP contribution in [-0.2, 0) is 4.74 Å². The van der Waals surface area contributed by atoms with Crippen LogP contribution in [0.2, 0.25) is 0 Å². The van der Waals surface area contributed by atoms with Crippen molar-refractivity contribution in [1.82, 2.24) is 0 Å². The summed E-state index contributed by atoms with van der Waals surface area (Å²) in [6.45, 7) is 6.96. The molecular weight excluding hydrogens is 278 g/mol. The van der Waals surface area contributed by atoms with Crippen molar-refractivity contribution in [3.63, 3.8) is 0 Å². The molecule has 1 unspecified atom stereocenters. The third-order valence-electron chi connectivity index (χ3n) is 2.60. The zero-order valence-electron chi connectivity index (χ0n) is 10.7. The fraction of sp³-hybridized carbons (Fsp3) is 0.571. The van der Waals surface area contributed by atoms with Gasteiger partial charge in [-0.1, -0.05) is 36.2 Å². The molecule has 1 rings (SSSR count). The number of hydrogen-bond donors (Lipinski definition) is 1. The lowest BCUT2D eigenvalue weighted by molar-refractivity contribution is 0.110.